The lowest BCUT2D eigenvalue weighted by Gasteiger charge is -2.07. The zero-order chi connectivity index (χ0) is 15.4. The lowest BCUT2D eigenvalue weighted by molar-refractivity contribution is 0.0594. The number of benzene rings is 1. The third kappa shape index (κ3) is 3.66. The van der Waals surface area contributed by atoms with Gasteiger partial charge in [0.15, 0.2) is 0 Å². The highest BCUT2D eigenvalue weighted by molar-refractivity contribution is 9.10. The van der Waals surface area contributed by atoms with Crippen molar-refractivity contribution in [1.82, 2.24) is 4.98 Å². The molecule has 0 radical (unpaired) electrons. The zero-order valence-corrected chi connectivity index (χ0v) is 13.1. The molecule has 1 aromatic heterocycles. The lowest BCUT2D eigenvalue weighted by atomic mass is 10.2. The second-order valence-electron chi connectivity index (χ2n) is 4.32. The third-order valence-electron chi connectivity index (χ3n) is 2.79. The van der Waals surface area contributed by atoms with E-state index < -0.39 is 5.97 Å². The summed E-state index contributed by atoms with van der Waals surface area (Å²) in [6, 6.07) is 10.1. The Morgan fingerprint density at radius 2 is 1.90 bits per heavy atom. The summed E-state index contributed by atoms with van der Waals surface area (Å²) in [5.74, 6) is -0.966. The second-order valence-corrected chi connectivity index (χ2v) is 5.17. The van der Waals surface area contributed by atoms with Crippen LogP contribution in [-0.2, 0) is 4.74 Å². The molecule has 0 aliphatic rings. The van der Waals surface area contributed by atoms with E-state index in [0.717, 1.165) is 10.0 Å². The Morgan fingerprint density at radius 3 is 2.57 bits per heavy atom. The van der Waals surface area contributed by atoms with Crippen molar-refractivity contribution in [2.75, 3.05) is 12.4 Å². The summed E-state index contributed by atoms with van der Waals surface area (Å²) in [6.45, 7) is 1.93. The van der Waals surface area contributed by atoms with Crippen LogP contribution in [0.3, 0.4) is 0 Å². The molecule has 1 amide bonds. The van der Waals surface area contributed by atoms with Crippen molar-refractivity contribution in [1.29, 1.82) is 0 Å². The smallest absolute Gasteiger partial charge is 0.356 e. The van der Waals surface area contributed by atoms with Crippen molar-refractivity contribution >= 4 is 33.5 Å². The SMILES string of the molecule is COC(=O)c1cccc(C(=O)Nc2ccc(Br)c(C)c2)n1. The Bertz CT molecular complexity index is 701. The Labute approximate surface area is 130 Å². The molecule has 1 N–H and O–H groups in total. The molecule has 2 aromatic rings. The second kappa shape index (κ2) is 6.49. The number of hydrogen-bond donors (Lipinski definition) is 1. The number of methoxy groups -OCH3 is 1. The molecule has 0 unspecified atom stereocenters. The first-order valence-electron chi connectivity index (χ1n) is 6.14. The molecule has 0 fully saturated rings. The van der Waals surface area contributed by atoms with Crippen molar-refractivity contribution in [2.45, 2.75) is 6.92 Å². The van der Waals surface area contributed by atoms with Crippen LogP contribution < -0.4 is 5.32 Å². The van der Waals surface area contributed by atoms with Crippen LogP contribution in [0.5, 0.6) is 0 Å². The van der Waals surface area contributed by atoms with Crippen LogP contribution in [0.4, 0.5) is 5.69 Å². The summed E-state index contributed by atoms with van der Waals surface area (Å²) in [4.78, 5) is 27.5. The lowest BCUT2D eigenvalue weighted by Crippen LogP contribution is -2.16. The summed E-state index contributed by atoms with van der Waals surface area (Å²) in [7, 11) is 1.27. The van der Waals surface area contributed by atoms with Crippen molar-refractivity contribution in [3.8, 4) is 0 Å². The van der Waals surface area contributed by atoms with Gasteiger partial charge in [-0.15, -0.1) is 0 Å². The van der Waals surface area contributed by atoms with Gasteiger partial charge < -0.3 is 10.1 Å². The fourth-order valence-electron chi connectivity index (χ4n) is 1.70. The summed E-state index contributed by atoms with van der Waals surface area (Å²) in [5, 5.41) is 2.74. The first-order valence-corrected chi connectivity index (χ1v) is 6.93. The fourth-order valence-corrected chi connectivity index (χ4v) is 1.94. The van der Waals surface area contributed by atoms with E-state index in [4.69, 9.17) is 0 Å². The molecule has 0 saturated carbocycles. The summed E-state index contributed by atoms with van der Waals surface area (Å²) in [5.41, 5.74) is 1.91. The molecule has 0 aliphatic carbocycles. The molecule has 0 spiro atoms. The first kappa shape index (κ1) is 15.2. The van der Waals surface area contributed by atoms with Gasteiger partial charge in [-0.1, -0.05) is 22.0 Å². The van der Waals surface area contributed by atoms with E-state index in [1.807, 2.05) is 19.1 Å². The number of carbonyl (C=O) groups excluding carboxylic acids is 2. The highest BCUT2D eigenvalue weighted by Gasteiger charge is 2.12. The maximum atomic E-state index is 12.1. The number of halogens is 1. The Balaban J connectivity index is 2.20. The summed E-state index contributed by atoms with van der Waals surface area (Å²) < 4.78 is 5.54. The molecule has 6 heteroatoms. The highest BCUT2D eigenvalue weighted by atomic mass is 79.9. The van der Waals surface area contributed by atoms with E-state index in [1.54, 1.807) is 12.1 Å². The third-order valence-corrected chi connectivity index (χ3v) is 3.68. The molecular formula is C15H13BrN2O3. The van der Waals surface area contributed by atoms with Gasteiger partial charge in [0.05, 0.1) is 7.11 Å². The van der Waals surface area contributed by atoms with E-state index in [-0.39, 0.29) is 17.3 Å². The molecule has 21 heavy (non-hydrogen) atoms. The Kier molecular flexibility index (Phi) is 4.70. The molecule has 5 nitrogen and oxygen atoms in total. The van der Waals surface area contributed by atoms with Crippen LogP contribution in [-0.4, -0.2) is 24.0 Å². The number of amides is 1. The van der Waals surface area contributed by atoms with Gasteiger partial charge in [0.25, 0.3) is 5.91 Å². The normalized spacial score (nSPS) is 10.0. The van der Waals surface area contributed by atoms with Crippen LogP contribution in [0.1, 0.15) is 26.5 Å². The first-order chi connectivity index (χ1) is 10.0. The van der Waals surface area contributed by atoms with Gasteiger partial charge in [-0.25, -0.2) is 9.78 Å². The number of carbonyl (C=O) groups is 2. The minimum atomic E-state index is -0.580. The number of anilines is 1. The zero-order valence-electron chi connectivity index (χ0n) is 11.5. The highest BCUT2D eigenvalue weighted by Crippen LogP contribution is 2.20. The van der Waals surface area contributed by atoms with E-state index in [9.17, 15) is 9.59 Å². The molecule has 1 heterocycles. The quantitative estimate of drug-likeness (QED) is 0.865. The summed E-state index contributed by atoms with van der Waals surface area (Å²) >= 11 is 3.40. The molecule has 0 atom stereocenters. The van der Waals surface area contributed by atoms with Crippen LogP contribution in [0.25, 0.3) is 0 Å². The van der Waals surface area contributed by atoms with Crippen molar-refractivity contribution < 1.29 is 14.3 Å². The molecule has 0 bridgehead atoms. The maximum Gasteiger partial charge on any atom is 0.356 e. The number of rotatable bonds is 3. The van der Waals surface area contributed by atoms with Gasteiger partial charge in [-0.05, 0) is 42.8 Å². The molecule has 0 aliphatic heterocycles. The van der Waals surface area contributed by atoms with Gasteiger partial charge in [0, 0.05) is 10.2 Å². The molecule has 1 aromatic carbocycles. The van der Waals surface area contributed by atoms with Gasteiger partial charge >= 0.3 is 5.97 Å². The number of aromatic nitrogens is 1. The van der Waals surface area contributed by atoms with Crippen LogP contribution in [0, 0.1) is 6.92 Å². The van der Waals surface area contributed by atoms with E-state index in [0.29, 0.717) is 5.69 Å². The fraction of sp³-hybridized carbons (Fsp3) is 0.133. The van der Waals surface area contributed by atoms with E-state index >= 15 is 0 Å². The average Bonchev–Trinajstić information content (AvgIpc) is 2.50. The predicted molar refractivity (Wildman–Crippen MR) is 82.4 cm³/mol. The van der Waals surface area contributed by atoms with Crippen molar-refractivity contribution in [3.05, 3.63) is 57.8 Å². The molecular weight excluding hydrogens is 336 g/mol. The number of pyridine rings is 1. The van der Waals surface area contributed by atoms with Crippen LogP contribution in [0.15, 0.2) is 40.9 Å². The Hall–Kier alpha value is -2.21. The number of ether oxygens (including phenoxy) is 1. The minimum Gasteiger partial charge on any atom is -0.464 e. The van der Waals surface area contributed by atoms with Crippen LogP contribution >= 0.6 is 15.9 Å². The monoisotopic (exact) mass is 348 g/mol. The van der Waals surface area contributed by atoms with Gasteiger partial charge in [-0.3, -0.25) is 4.79 Å². The average molecular weight is 349 g/mol. The maximum absolute atomic E-state index is 12.1. The van der Waals surface area contributed by atoms with Gasteiger partial charge in [0.1, 0.15) is 11.4 Å². The number of esters is 1. The van der Waals surface area contributed by atoms with Crippen molar-refractivity contribution in [2.24, 2.45) is 0 Å². The van der Waals surface area contributed by atoms with Gasteiger partial charge in [-0.2, -0.15) is 0 Å². The van der Waals surface area contributed by atoms with E-state index in [2.05, 4.69) is 31.0 Å². The van der Waals surface area contributed by atoms with E-state index in [1.165, 1.54) is 19.2 Å². The number of nitrogens with one attached hydrogen (secondary N) is 1. The molecule has 0 saturated heterocycles. The number of aryl methyl sites for hydroxylation is 1. The minimum absolute atomic E-state index is 0.0946. The largest absolute Gasteiger partial charge is 0.464 e. The van der Waals surface area contributed by atoms with Crippen LogP contribution in [0.2, 0.25) is 0 Å². The Morgan fingerprint density at radius 1 is 1.19 bits per heavy atom. The number of nitrogens with zero attached hydrogens (tertiary/aromatic N) is 1. The standard InChI is InChI=1S/C15H13BrN2O3/c1-9-8-10(6-7-11(9)16)17-14(19)12-4-3-5-13(18-12)15(20)21-2/h3-8H,1-2H3,(H,17,19). The molecule has 2 rings (SSSR count). The summed E-state index contributed by atoms with van der Waals surface area (Å²) in [6.07, 6.45) is 0. The van der Waals surface area contributed by atoms with Crippen molar-refractivity contribution in [3.63, 3.8) is 0 Å². The molecule has 108 valence electrons. The number of hydrogen-bond acceptors (Lipinski definition) is 4. The predicted octanol–water partition coefficient (Wildman–Crippen LogP) is 3.19. The van der Waals surface area contributed by atoms with Gasteiger partial charge in [0.2, 0.25) is 0 Å². The topological polar surface area (TPSA) is 68.3 Å².